The molecule has 0 aliphatic heterocycles. The van der Waals surface area contributed by atoms with Crippen LogP contribution in [0.4, 0.5) is 4.79 Å². The third-order valence-electron chi connectivity index (χ3n) is 2.66. The smallest absolute Gasteiger partial charge is 0.326 e. The number of carboxylic acids is 1. The van der Waals surface area contributed by atoms with Crippen molar-refractivity contribution in [3.05, 3.63) is 0 Å². The summed E-state index contributed by atoms with van der Waals surface area (Å²) in [4.78, 5) is 24.2. The van der Waals surface area contributed by atoms with E-state index in [0.717, 1.165) is 19.3 Å². The van der Waals surface area contributed by atoms with Gasteiger partial charge in [0.2, 0.25) is 0 Å². The Bertz CT molecular complexity index is 254. The number of carboxylic acid groups (broad SMARTS) is 1. The summed E-state index contributed by atoms with van der Waals surface area (Å²) in [6.07, 6.45) is 3.11. The summed E-state index contributed by atoms with van der Waals surface area (Å²) < 4.78 is 0. The van der Waals surface area contributed by atoms with Crippen LogP contribution in [0.1, 0.15) is 40.0 Å². The molecule has 0 bridgehead atoms. The Kier molecular flexibility index (Phi) is 7.34. The van der Waals surface area contributed by atoms with Crippen LogP contribution in [0.3, 0.4) is 0 Å². The van der Waals surface area contributed by atoms with Crippen molar-refractivity contribution in [3.63, 3.8) is 0 Å². The van der Waals surface area contributed by atoms with Crippen molar-refractivity contribution in [1.82, 2.24) is 10.2 Å². The van der Waals surface area contributed by atoms with Gasteiger partial charge in [0.25, 0.3) is 0 Å². The molecule has 5 heteroatoms. The first-order valence-corrected chi connectivity index (χ1v) is 6.14. The van der Waals surface area contributed by atoms with E-state index in [2.05, 4.69) is 12.2 Å². The van der Waals surface area contributed by atoms with Gasteiger partial charge in [-0.05, 0) is 12.3 Å². The Labute approximate surface area is 103 Å². The van der Waals surface area contributed by atoms with Crippen molar-refractivity contribution in [3.8, 4) is 0 Å². The van der Waals surface area contributed by atoms with Crippen LogP contribution >= 0.6 is 0 Å². The quantitative estimate of drug-likeness (QED) is 0.672. The van der Waals surface area contributed by atoms with Crippen LogP contribution in [0.2, 0.25) is 0 Å². The van der Waals surface area contributed by atoms with E-state index in [4.69, 9.17) is 5.11 Å². The Morgan fingerprint density at radius 3 is 2.29 bits per heavy atom. The van der Waals surface area contributed by atoms with Gasteiger partial charge in [-0.25, -0.2) is 9.59 Å². The molecule has 17 heavy (non-hydrogen) atoms. The molecule has 1 unspecified atom stereocenters. The maximum absolute atomic E-state index is 11.7. The molecule has 0 spiro atoms. The fraction of sp³-hybridized carbons (Fsp3) is 0.833. The summed E-state index contributed by atoms with van der Waals surface area (Å²) in [5.41, 5.74) is 0. The predicted octanol–water partition coefficient (Wildman–Crippen LogP) is 1.93. The van der Waals surface area contributed by atoms with Crippen molar-refractivity contribution in [2.24, 2.45) is 5.92 Å². The molecule has 0 saturated carbocycles. The van der Waals surface area contributed by atoms with E-state index in [0.29, 0.717) is 6.54 Å². The molecule has 0 heterocycles. The third kappa shape index (κ3) is 6.14. The third-order valence-corrected chi connectivity index (χ3v) is 2.66. The van der Waals surface area contributed by atoms with Gasteiger partial charge < -0.3 is 15.3 Å². The van der Waals surface area contributed by atoms with Crippen LogP contribution in [0.5, 0.6) is 0 Å². The van der Waals surface area contributed by atoms with Crippen molar-refractivity contribution in [1.29, 1.82) is 0 Å². The predicted molar refractivity (Wildman–Crippen MR) is 66.9 cm³/mol. The number of nitrogens with one attached hydrogen (secondary N) is 1. The Hall–Kier alpha value is -1.26. The number of rotatable bonds is 7. The molecule has 0 rings (SSSR count). The van der Waals surface area contributed by atoms with E-state index in [1.54, 1.807) is 20.9 Å². The van der Waals surface area contributed by atoms with Crippen molar-refractivity contribution in [2.75, 3.05) is 13.6 Å². The lowest BCUT2D eigenvalue weighted by molar-refractivity contribution is -0.140. The molecule has 5 nitrogen and oxygen atoms in total. The minimum absolute atomic E-state index is 0.125. The van der Waals surface area contributed by atoms with Crippen molar-refractivity contribution >= 4 is 12.0 Å². The summed E-state index contributed by atoms with van der Waals surface area (Å²) in [5, 5.41) is 11.5. The maximum Gasteiger partial charge on any atom is 0.326 e. The average Bonchev–Trinajstić information content (AvgIpc) is 2.24. The highest BCUT2D eigenvalue weighted by Gasteiger charge is 2.24. The van der Waals surface area contributed by atoms with Gasteiger partial charge in [0.15, 0.2) is 0 Å². The molecule has 100 valence electrons. The summed E-state index contributed by atoms with van der Waals surface area (Å²) in [5.74, 6) is -1.12. The van der Waals surface area contributed by atoms with Crippen LogP contribution in [0.25, 0.3) is 0 Å². The number of carbonyl (C=O) groups is 2. The second kappa shape index (κ2) is 7.92. The number of hydrogen-bond acceptors (Lipinski definition) is 2. The molecular weight excluding hydrogens is 220 g/mol. The number of amides is 2. The molecular formula is C12H24N2O3. The molecule has 0 fully saturated rings. The van der Waals surface area contributed by atoms with Gasteiger partial charge in [0.1, 0.15) is 6.04 Å². The van der Waals surface area contributed by atoms with Gasteiger partial charge in [-0.3, -0.25) is 0 Å². The van der Waals surface area contributed by atoms with Crippen molar-refractivity contribution in [2.45, 2.75) is 46.1 Å². The Balaban J connectivity index is 4.16. The van der Waals surface area contributed by atoms with Crippen LogP contribution in [-0.2, 0) is 4.79 Å². The normalized spacial score (nSPS) is 12.3. The highest BCUT2D eigenvalue weighted by molar-refractivity contribution is 5.82. The van der Waals surface area contributed by atoms with E-state index in [9.17, 15) is 9.59 Å². The van der Waals surface area contributed by atoms with Crippen LogP contribution in [-0.4, -0.2) is 41.6 Å². The first-order chi connectivity index (χ1) is 7.90. The molecule has 1 atom stereocenters. The number of urea groups is 1. The molecule has 2 amide bonds. The first kappa shape index (κ1) is 15.7. The zero-order chi connectivity index (χ0) is 13.4. The standard InChI is InChI=1S/C12H24N2O3/c1-5-6-7-8-14(4)12(17)13-10(9(2)3)11(15)16/h9-10H,5-8H2,1-4H3,(H,13,17)(H,15,16). The summed E-state index contributed by atoms with van der Waals surface area (Å²) in [7, 11) is 1.68. The SMILES string of the molecule is CCCCCN(C)C(=O)NC(C(=O)O)C(C)C. The van der Waals surface area contributed by atoms with Gasteiger partial charge in [-0.15, -0.1) is 0 Å². The monoisotopic (exact) mass is 244 g/mol. The second-order valence-corrected chi connectivity index (χ2v) is 4.64. The molecule has 0 aromatic heterocycles. The van der Waals surface area contributed by atoms with E-state index >= 15 is 0 Å². The fourth-order valence-electron chi connectivity index (χ4n) is 1.46. The van der Waals surface area contributed by atoms with Gasteiger partial charge in [-0.1, -0.05) is 33.6 Å². The summed E-state index contributed by atoms with van der Waals surface area (Å²) in [6, 6.07) is -1.14. The van der Waals surface area contributed by atoms with Gasteiger partial charge >= 0.3 is 12.0 Å². The molecule has 0 aromatic carbocycles. The Morgan fingerprint density at radius 1 is 1.29 bits per heavy atom. The number of nitrogens with zero attached hydrogens (tertiary/aromatic N) is 1. The molecule has 0 aliphatic carbocycles. The van der Waals surface area contributed by atoms with Crippen LogP contribution < -0.4 is 5.32 Å². The van der Waals surface area contributed by atoms with E-state index in [-0.39, 0.29) is 11.9 Å². The summed E-state index contributed by atoms with van der Waals surface area (Å²) >= 11 is 0. The molecule has 2 N–H and O–H groups in total. The van der Waals surface area contributed by atoms with E-state index < -0.39 is 12.0 Å². The lowest BCUT2D eigenvalue weighted by Crippen LogP contribution is -2.49. The number of aliphatic carboxylic acids is 1. The van der Waals surface area contributed by atoms with E-state index in [1.807, 2.05) is 0 Å². The largest absolute Gasteiger partial charge is 0.480 e. The van der Waals surface area contributed by atoms with Crippen molar-refractivity contribution < 1.29 is 14.7 Å². The van der Waals surface area contributed by atoms with Gasteiger partial charge in [-0.2, -0.15) is 0 Å². The number of unbranched alkanes of at least 4 members (excludes halogenated alkanes) is 2. The molecule has 0 radical (unpaired) electrons. The number of hydrogen-bond donors (Lipinski definition) is 2. The molecule has 0 aliphatic rings. The summed E-state index contributed by atoms with van der Waals surface area (Å²) in [6.45, 7) is 6.30. The van der Waals surface area contributed by atoms with Crippen LogP contribution in [0, 0.1) is 5.92 Å². The zero-order valence-corrected chi connectivity index (χ0v) is 11.2. The minimum atomic E-state index is -0.990. The van der Waals surface area contributed by atoms with E-state index in [1.165, 1.54) is 4.90 Å². The molecule has 0 aromatic rings. The lowest BCUT2D eigenvalue weighted by atomic mass is 10.1. The maximum atomic E-state index is 11.7. The minimum Gasteiger partial charge on any atom is -0.480 e. The zero-order valence-electron chi connectivity index (χ0n) is 11.2. The lowest BCUT2D eigenvalue weighted by Gasteiger charge is -2.23. The van der Waals surface area contributed by atoms with Gasteiger partial charge in [0.05, 0.1) is 0 Å². The Morgan fingerprint density at radius 2 is 1.88 bits per heavy atom. The fourth-order valence-corrected chi connectivity index (χ4v) is 1.46. The molecule has 0 saturated heterocycles. The average molecular weight is 244 g/mol. The van der Waals surface area contributed by atoms with Crippen LogP contribution in [0.15, 0.2) is 0 Å². The highest BCUT2D eigenvalue weighted by Crippen LogP contribution is 2.03. The first-order valence-electron chi connectivity index (χ1n) is 6.14. The number of carbonyl (C=O) groups excluding carboxylic acids is 1. The van der Waals surface area contributed by atoms with Gasteiger partial charge in [0, 0.05) is 13.6 Å². The topological polar surface area (TPSA) is 69.6 Å². The second-order valence-electron chi connectivity index (χ2n) is 4.64. The highest BCUT2D eigenvalue weighted by atomic mass is 16.4.